The molecule has 0 spiro atoms. The lowest BCUT2D eigenvalue weighted by atomic mass is 10.2. The van der Waals surface area contributed by atoms with Gasteiger partial charge in [0.15, 0.2) is 0 Å². The van der Waals surface area contributed by atoms with E-state index in [1.54, 1.807) is 11.8 Å². The number of pyridine rings is 1. The Morgan fingerprint density at radius 2 is 2.40 bits per heavy atom. The van der Waals surface area contributed by atoms with Crippen LogP contribution in [0.5, 0.6) is 0 Å². The lowest BCUT2D eigenvalue weighted by Crippen LogP contribution is -2.04. The van der Waals surface area contributed by atoms with Gasteiger partial charge in [-0.1, -0.05) is 13.8 Å². The monoisotopic (exact) mass is 226 g/mol. The number of nitrogen functional groups attached to an aromatic ring is 1. The lowest BCUT2D eigenvalue weighted by Gasteiger charge is -2.08. The van der Waals surface area contributed by atoms with Gasteiger partial charge in [0.1, 0.15) is 0 Å². The van der Waals surface area contributed by atoms with E-state index in [0.717, 1.165) is 6.42 Å². The molecule has 0 aliphatic carbocycles. The first-order valence-corrected chi connectivity index (χ1v) is 5.58. The topological polar surface area (TPSA) is 76.2 Å². The normalized spacial score (nSPS) is 12.4. The molecule has 1 heterocycles. The van der Waals surface area contributed by atoms with Gasteiger partial charge in [0.05, 0.1) is 22.5 Å². The molecule has 0 saturated carbocycles. The van der Waals surface area contributed by atoms with Crippen molar-refractivity contribution in [3.8, 4) is 0 Å². The number of nitrogens with zero attached hydrogens (tertiary/aromatic N) is 1. The van der Waals surface area contributed by atoms with Gasteiger partial charge in [-0.15, -0.1) is 11.8 Å². The number of thioether (sulfide) groups is 1. The van der Waals surface area contributed by atoms with Crippen molar-refractivity contribution in [3.05, 3.63) is 17.8 Å². The van der Waals surface area contributed by atoms with Crippen LogP contribution in [0.2, 0.25) is 0 Å². The average molecular weight is 226 g/mol. The highest BCUT2D eigenvalue weighted by Gasteiger charge is 2.11. The molecule has 1 aromatic heterocycles. The van der Waals surface area contributed by atoms with Crippen molar-refractivity contribution in [1.29, 1.82) is 0 Å². The van der Waals surface area contributed by atoms with Crippen LogP contribution in [-0.4, -0.2) is 21.3 Å². The first kappa shape index (κ1) is 11.8. The van der Waals surface area contributed by atoms with Crippen molar-refractivity contribution in [2.45, 2.75) is 30.5 Å². The van der Waals surface area contributed by atoms with E-state index in [0.29, 0.717) is 10.3 Å². The highest BCUT2D eigenvalue weighted by Crippen LogP contribution is 2.25. The molecular weight excluding hydrogens is 212 g/mol. The SMILES string of the molecule is CCC(C)Sc1cc(C(=O)O)c(N)cn1. The van der Waals surface area contributed by atoms with Gasteiger partial charge in [-0.25, -0.2) is 9.78 Å². The Labute approximate surface area is 92.9 Å². The summed E-state index contributed by atoms with van der Waals surface area (Å²) in [7, 11) is 0. The second-order valence-corrected chi connectivity index (χ2v) is 4.71. The number of hydrogen-bond donors (Lipinski definition) is 2. The van der Waals surface area contributed by atoms with Crippen molar-refractivity contribution < 1.29 is 9.90 Å². The van der Waals surface area contributed by atoms with Gasteiger partial charge in [0.25, 0.3) is 0 Å². The Morgan fingerprint density at radius 3 is 2.93 bits per heavy atom. The molecule has 1 aromatic rings. The van der Waals surface area contributed by atoms with Gasteiger partial charge in [-0.05, 0) is 12.5 Å². The summed E-state index contributed by atoms with van der Waals surface area (Å²) in [6.07, 6.45) is 2.41. The summed E-state index contributed by atoms with van der Waals surface area (Å²) in [5.74, 6) is -1.01. The van der Waals surface area contributed by atoms with Crippen molar-refractivity contribution >= 4 is 23.4 Å². The molecule has 0 amide bonds. The smallest absolute Gasteiger partial charge is 0.337 e. The fourth-order valence-corrected chi connectivity index (χ4v) is 1.86. The third-order valence-corrected chi connectivity index (χ3v) is 3.24. The van der Waals surface area contributed by atoms with E-state index in [-0.39, 0.29) is 11.3 Å². The maximum atomic E-state index is 10.8. The zero-order chi connectivity index (χ0) is 11.4. The predicted octanol–water partition coefficient (Wildman–Crippen LogP) is 2.25. The van der Waals surface area contributed by atoms with Gasteiger partial charge in [0.2, 0.25) is 0 Å². The molecule has 0 aromatic carbocycles. The average Bonchev–Trinajstić information content (AvgIpc) is 2.20. The molecule has 0 radical (unpaired) electrons. The largest absolute Gasteiger partial charge is 0.478 e. The Hall–Kier alpha value is -1.23. The molecule has 1 rings (SSSR count). The third kappa shape index (κ3) is 3.13. The third-order valence-electron chi connectivity index (χ3n) is 2.04. The molecule has 5 heteroatoms. The number of carboxylic acid groups (broad SMARTS) is 1. The van der Waals surface area contributed by atoms with E-state index in [1.807, 2.05) is 0 Å². The van der Waals surface area contributed by atoms with Crippen molar-refractivity contribution in [2.24, 2.45) is 0 Å². The molecule has 0 aliphatic heterocycles. The van der Waals surface area contributed by atoms with Crippen LogP contribution in [0.1, 0.15) is 30.6 Å². The maximum absolute atomic E-state index is 10.8. The molecule has 82 valence electrons. The second-order valence-electron chi connectivity index (χ2n) is 3.25. The zero-order valence-electron chi connectivity index (χ0n) is 8.73. The quantitative estimate of drug-likeness (QED) is 0.770. The minimum atomic E-state index is -1.01. The molecule has 0 bridgehead atoms. The van der Waals surface area contributed by atoms with Crippen LogP contribution in [0, 0.1) is 0 Å². The molecule has 0 saturated heterocycles. The van der Waals surface area contributed by atoms with Gasteiger partial charge in [0, 0.05) is 5.25 Å². The number of aromatic nitrogens is 1. The molecule has 1 unspecified atom stereocenters. The van der Waals surface area contributed by atoms with E-state index in [4.69, 9.17) is 10.8 Å². The summed E-state index contributed by atoms with van der Waals surface area (Å²) in [6.45, 7) is 4.15. The van der Waals surface area contributed by atoms with Crippen LogP contribution in [0.15, 0.2) is 17.3 Å². The van der Waals surface area contributed by atoms with E-state index >= 15 is 0 Å². The van der Waals surface area contributed by atoms with Gasteiger partial charge in [-0.2, -0.15) is 0 Å². The number of aromatic carboxylic acids is 1. The standard InChI is InChI=1S/C10H14N2O2S/c1-3-6(2)15-9-4-7(10(13)14)8(11)5-12-9/h4-6H,3,11H2,1-2H3,(H,13,14). The summed E-state index contributed by atoms with van der Waals surface area (Å²) in [6, 6.07) is 1.52. The van der Waals surface area contributed by atoms with Crippen molar-refractivity contribution in [1.82, 2.24) is 4.98 Å². The van der Waals surface area contributed by atoms with Crippen LogP contribution >= 0.6 is 11.8 Å². The van der Waals surface area contributed by atoms with Gasteiger partial charge < -0.3 is 10.8 Å². The molecule has 3 N–H and O–H groups in total. The zero-order valence-corrected chi connectivity index (χ0v) is 9.54. The number of carboxylic acids is 1. The van der Waals surface area contributed by atoms with Gasteiger partial charge >= 0.3 is 5.97 Å². The summed E-state index contributed by atoms with van der Waals surface area (Å²) in [5, 5.41) is 9.99. The Bertz CT molecular complexity index is 368. The van der Waals surface area contributed by atoms with E-state index in [9.17, 15) is 4.79 Å². The highest BCUT2D eigenvalue weighted by atomic mass is 32.2. The number of nitrogens with two attached hydrogens (primary N) is 1. The van der Waals surface area contributed by atoms with Crippen LogP contribution in [0.3, 0.4) is 0 Å². The van der Waals surface area contributed by atoms with Gasteiger partial charge in [-0.3, -0.25) is 0 Å². The summed E-state index contributed by atoms with van der Waals surface area (Å²) >= 11 is 1.55. The first-order valence-electron chi connectivity index (χ1n) is 4.70. The van der Waals surface area contributed by atoms with E-state index in [1.165, 1.54) is 12.3 Å². The maximum Gasteiger partial charge on any atom is 0.337 e. The number of carbonyl (C=O) groups is 1. The number of rotatable bonds is 4. The Kier molecular flexibility index (Phi) is 3.96. The fourth-order valence-electron chi connectivity index (χ4n) is 0.986. The highest BCUT2D eigenvalue weighted by molar-refractivity contribution is 7.99. The fraction of sp³-hybridized carbons (Fsp3) is 0.400. The number of hydrogen-bond acceptors (Lipinski definition) is 4. The number of anilines is 1. The Balaban J connectivity index is 2.92. The lowest BCUT2D eigenvalue weighted by molar-refractivity contribution is 0.0697. The molecular formula is C10H14N2O2S. The Morgan fingerprint density at radius 1 is 1.73 bits per heavy atom. The summed E-state index contributed by atoms with van der Waals surface area (Å²) < 4.78 is 0. The van der Waals surface area contributed by atoms with Crippen LogP contribution in [0.25, 0.3) is 0 Å². The second kappa shape index (κ2) is 5.02. The van der Waals surface area contributed by atoms with Crippen molar-refractivity contribution in [2.75, 3.05) is 5.73 Å². The minimum Gasteiger partial charge on any atom is -0.478 e. The first-order chi connectivity index (χ1) is 7.04. The van der Waals surface area contributed by atoms with Crippen LogP contribution < -0.4 is 5.73 Å². The predicted molar refractivity (Wildman–Crippen MR) is 61.2 cm³/mol. The summed E-state index contributed by atoms with van der Waals surface area (Å²) in [5.41, 5.74) is 5.83. The van der Waals surface area contributed by atoms with E-state index < -0.39 is 5.97 Å². The minimum absolute atomic E-state index is 0.121. The summed E-state index contributed by atoms with van der Waals surface area (Å²) in [4.78, 5) is 14.9. The molecule has 0 fully saturated rings. The molecule has 1 atom stereocenters. The molecule has 0 aliphatic rings. The molecule has 15 heavy (non-hydrogen) atoms. The van der Waals surface area contributed by atoms with Crippen LogP contribution in [-0.2, 0) is 0 Å². The van der Waals surface area contributed by atoms with Crippen molar-refractivity contribution in [3.63, 3.8) is 0 Å². The van der Waals surface area contributed by atoms with E-state index in [2.05, 4.69) is 18.8 Å². The molecule has 4 nitrogen and oxygen atoms in total. The van der Waals surface area contributed by atoms with Crippen LogP contribution in [0.4, 0.5) is 5.69 Å².